The van der Waals surface area contributed by atoms with Gasteiger partial charge in [-0.05, 0) is 43.9 Å². The van der Waals surface area contributed by atoms with Gasteiger partial charge in [0.2, 0.25) is 0 Å². The molecule has 2 atom stereocenters. The van der Waals surface area contributed by atoms with Crippen LogP contribution in [0.4, 0.5) is 5.82 Å². The van der Waals surface area contributed by atoms with E-state index < -0.39 is 0 Å². The van der Waals surface area contributed by atoms with Crippen molar-refractivity contribution in [1.29, 1.82) is 0 Å². The number of hydrogen-bond acceptors (Lipinski definition) is 4. The predicted molar refractivity (Wildman–Crippen MR) is 95.3 cm³/mol. The quantitative estimate of drug-likeness (QED) is 0.859. The van der Waals surface area contributed by atoms with Crippen LogP contribution in [0.3, 0.4) is 0 Å². The van der Waals surface area contributed by atoms with Gasteiger partial charge in [0.05, 0.1) is 0 Å². The molecule has 1 aliphatic heterocycles. The van der Waals surface area contributed by atoms with Gasteiger partial charge in [0, 0.05) is 31.4 Å². The van der Waals surface area contributed by atoms with Crippen LogP contribution >= 0.6 is 0 Å². The van der Waals surface area contributed by atoms with Gasteiger partial charge in [0.25, 0.3) is 0 Å². The van der Waals surface area contributed by atoms with E-state index >= 15 is 0 Å². The molecule has 2 N–H and O–H groups in total. The van der Waals surface area contributed by atoms with Gasteiger partial charge in [0.15, 0.2) is 0 Å². The van der Waals surface area contributed by atoms with E-state index in [1.54, 1.807) is 0 Å². The molecule has 1 saturated heterocycles. The molecule has 122 valence electrons. The third-order valence-electron chi connectivity index (χ3n) is 4.49. The largest absolute Gasteiger partial charge is 0.360 e. The second-order valence-corrected chi connectivity index (χ2v) is 6.39. The lowest BCUT2D eigenvalue weighted by molar-refractivity contribution is 0.502. The second-order valence-electron chi connectivity index (χ2n) is 6.39. The van der Waals surface area contributed by atoms with E-state index in [1.165, 1.54) is 12.0 Å². The predicted octanol–water partition coefficient (Wildman–Crippen LogP) is 3.21. The normalized spacial score (nSPS) is 20.6. The zero-order chi connectivity index (χ0) is 16.1. The van der Waals surface area contributed by atoms with Crippen LogP contribution in [0.5, 0.6) is 0 Å². The first-order valence-corrected chi connectivity index (χ1v) is 8.43. The fraction of sp³-hybridized carbons (Fsp3) is 0.421. The highest BCUT2D eigenvalue weighted by Gasteiger charge is 2.24. The van der Waals surface area contributed by atoms with E-state index in [0.717, 1.165) is 30.9 Å². The molecule has 4 nitrogen and oxygen atoms in total. The maximum Gasteiger partial charge on any atom is 0.128 e. The van der Waals surface area contributed by atoms with Crippen molar-refractivity contribution < 1.29 is 0 Å². The highest BCUT2D eigenvalue weighted by Crippen LogP contribution is 2.24. The molecule has 0 aliphatic carbocycles. The van der Waals surface area contributed by atoms with Gasteiger partial charge in [-0.15, -0.1) is 0 Å². The smallest absolute Gasteiger partial charge is 0.128 e. The first-order chi connectivity index (χ1) is 11.2. The summed E-state index contributed by atoms with van der Waals surface area (Å²) in [6, 6.07) is 17.8. The van der Waals surface area contributed by atoms with E-state index in [1.807, 2.05) is 13.0 Å². The lowest BCUT2D eigenvalue weighted by atomic mass is 10.00. The number of aromatic nitrogens is 1. The molecule has 0 spiro atoms. The molecule has 2 aromatic rings. The molecule has 23 heavy (non-hydrogen) atoms. The number of benzene rings is 1. The van der Waals surface area contributed by atoms with Gasteiger partial charge in [-0.3, -0.25) is 10.9 Å². The molecule has 1 aliphatic rings. The zero-order valence-corrected chi connectivity index (χ0v) is 14.0. The van der Waals surface area contributed by atoms with Crippen LogP contribution < -0.4 is 15.8 Å². The van der Waals surface area contributed by atoms with Crippen molar-refractivity contribution in [3.63, 3.8) is 0 Å². The molecule has 4 heteroatoms. The standard InChI is InChI=1S/C19H26N4/c1-15-8-6-12-19(20-15)23(2)13-7-11-17-14-18(22-21-17)16-9-4-3-5-10-16/h3-6,8-10,12,17-18,21-22H,7,11,13-14H2,1-2H3. The van der Waals surface area contributed by atoms with Crippen LogP contribution in [0.1, 0.15) is 36.6 Å². The van der Waals surface area contributed by atoms with Gasteiger partial charge in [-0.25, -0.2) is 4.98 Å². The minimum atomic E-state index is 0.428. The average molecular weight is 310 g/mol. The third kappa shape index (κ3) is 4.30. The first-order valence-electron chi connectivity index (χ1n) is 8.43. The van der Waals surface area contributed by atoms with Crippen molar-refractivity contribution >= 4 is 5.82 Å². The van der Waals surface area contributed by atoms with Gasteiger partial charge in [-0.1, -0.05) is 36.4 Å². The van der Waals surface area contributed by atoms with Crippen LogP contribution in [-0.4, -0.2) is 24.6 Å². The van der Waals surface area contributed by atoms with Crippen LogP contribution in [0.15, 0.2) is 48.5 Å². The minimum Gasteiger partial charge on any atom is -0.360 e. The molecule has 0 amide bonds. The molecule has 1 aromatic heterocycles. The number of nitrogens with one attached hydrogen (secondary N) is 2. The fourth-order valence-corrected chi connectivity index (χ4v) is 3.15. The van der Waals surface area contributed by atoms with Gasteiger partial charge < -0.3 is 4.90 Å². The molecule has 2 heterocycles. The Hall–Kier alpha value is -1.91. The van der Waals surface area contributed by atoms with Crippen LogP contribution in [0.25, 0.3) is 0 Å². The highest BCUT2D eigenvalue weighted by molar-refractivity contribution is 5.37. The summed E-state index contributed by atoms with van der Waals surface area (Å²) in [5.41, 5.74) is 9.30. The Labute approximate surface area is 138 Å². The number of rotatable bonds is 6. The number of nitrogens with zero attached hydrogens (tertiary/aromatic N) is 2. The van der Waals surface area contributed by atoms with Gasteiger partial charge in [-0.2, -0.15) is 0 Å². The Morgan fingerprint density at radius 3 is 2.70 bits per heavy atom. The minimum absolute atomic E-state index is 0.428. The number of pyridine rings is 1. The molecule has 0 radical (unpaired) electrons. The van der Waals surface area contributed by atoms with Gasteiger partial charge in [0.1, 0.15) is 5.82 Å². The van der Waals surface area contributed by atoms with Crippen molar-refractivity contribution in [3.05, 3.63) is 59.8 Å². The number of hydrogen-bond donors (Lipinski definition) is 2. The molecule has 0 saturated carbocycles. The Morgan fingerprint density at radius 1 is 1.09 bits per heavy atom. The molecule has 1 fully saturated rings. The summed E-state index contributed by atoms with van der Waals surface area (Å²) in [5.74, 6) is 1.06. The summed E-state index contributed by atoms with van der Waals surface area (Å²) < 4.78 is 0. The van der Waals surface area contributed by atoms with Crippen molar-refractivity contribution in [3.8, 4) is 0 Å². The van der Waals surface area contributed by atoms with Crippen LogP contribution in [0, 0.1) is 6.92 Å². The van der Waals surface area contributed by atoms with E-state index in [0.29, 0.717) is 12.1 Å². The third-order valence-corrected chi connectivity index (χ3v) is 4.49. The highest BCUT2D eigenvalue weighted by atomic mass is 15.4. The van der Waals surface area contributed by atoms with Crippen LogP contribution in [0.2, 0.25) is 0 Å². The van der Waals surface area contributed by atoms with Crippen molar-refractivity contribution in [2.45, 2.75) is 38.3 Å². The number of aryl methyl sites for hydroxylation is 1. The summed E-state index contributed by atoms with van der Waals surface area (Å²) in [7, 11) is 2.12. The average Bonchev–Trinajstić information content (AvgIpc) is 3.04. The summed E-state index contributed by atoms with van der Waals surface area (Å²) in [5, 5.41) is 0. The molecule has 0 bridgehead atoms. The maximum absolute atomic E-state index is 4.57. The summed E-state index contributed by atoms with van der Waals surface area (Å²) in [6.07, 6.45) is 3.48. The Kier molecular flexibility index (Phi) is 5.26. The number of hydrazine groups is 1. The fourth-order valence-electron chi connectivity index (χ4n) is 3.15. The molecule has 2 unspecified atom stereocenters. The molecular formula is C19H26N4. The lowest BCUT2D eigenvalue weighted by Gasteiger charge is -2.19. The Balaban J connectivity index is 1.43. The van der Waals surface area contributed by atoms with E-state index in [-0.39, 0.29) is 0 Å². The summed E-state index contributed by atoms with van der Waals surface area (Å²) in [6.45, 7) is 3.07. The van der Waals surface area contributed by atoms with Gasteiger partial charge >= 0.3 is 0 Å². The SMILES string of the molecule is Cc1cccc(N(C)CCCC2CC(c3ccccc3)NN2)n1. The second kappa shape index (κ2) is 7.57. The summed E-state index contributed by atoms with van der Waals surface area (Å²) in [4.78, 5) is 6.81. The topological polar surface area (TPSA) is 40.2 Å². The van der Waals surface area contributed by atoms with Crippen molar-refractivity contribution in [2.24, 2.45) is 0 Å². The monoisotopic (exact) mass is 310 g/mol. The lowest BCUT2D eigenvalue weighted by Crippen LogP contribution is -2.31. The summed E-state index contributed by atoms with van der Waals surface area (Å²) >= 11 is 0. The molecule has 3 rings (SSSR count). The van der Waals surface area contributed by atoms with Crippen molar-refractivity contribution in [2.75, 3.05) is 18.5 Å². The molecule has 1 aromatic carbocycles. The molecular weight excluding hydrogens is 284 g/mol. The van der Waals surface area contributed by atoms with E-state index in [4.69, 9.17) is 0 Å². The van der Waals surface area contributed by atoms with Crippen molar-refractivity contribution in [1.82, 2.24) is 15.8 Å². The maximum atomic E-state index is 4.57. The van der Waals surface area contributed by atoms with Crippen LogP contribution in [-0.2, 0) is 0 Å². The zero-order valence-electron chi connectivity index (χ0n) is 14.0. The number of anilines is 1. The Bertz CT molecular complexity index is 614. The first kappa shape index (κ1) is 16.0. The Morgan fingerprint density at radius 2 is 1.91 bits per heavy atom. The van der Waals surface area contributed by atoms with E-state index in [2.05, 4.69) is 70.2 Å². The van der Waals surface area contributed by atoms with E-state index in [9.17, 15) is 0 Å².